The van der Waals surface area contributed by atoms with Crippen LogP contribution in [0.4, 0.5) is 5.69 Å². The molecule has 26 heavy (non-hydrogen) atoms. The Morgan fingerprint density at radius 1 is 1.35 bits per heavy atom. The van der Waals surface area contributed by atoms with Gasteiger partial charge in [-0.1, -0.05) is 43.0 Å². The molecule has 7 nitrogen and oxygen atoms in total. The summed E-state index contributed by atoms with van der Waals surface area (Å²) in [5.41, 5.74) is 2.71. The normalized spacial score (nSPS) is 13.0. The van der Waals surface area contributed by atoms with E-state index < -0.39 is 10.0 Å². The molecule has 1 aromatic heterocycles. The number of hydrogen-bond donors (Lipinski definition) is 1. The first-order valence-electron chi connectivity index (χ1n) is 8.14. The van der Waals surface area contributed by atoms with Crippen LogP contribution < -0.4 is 5.32 Å². The number of aromatic nitrogens is 2. The number of hydrogen-bond acceptors (Lipinski definition) is 7. The third kappa shape index (κ3) is 4.81. The Kier molecular flexibility index (Phi) is 7.16. The molecular formula is C16H22N4O3S3. The maximum atomic E-state index is 12.8. The quantitative estimate of drug-likeness (QED) is 0.668. The predicted octanol–water partition coefficient (Wildman–Crippen LogP) is 3.00. The van der Waals surface area contributed by atoms with Crippen LogP contribution in [0.2, 0.25) is 0 Å². The second-order valence-corrected chi connectivity index (χ2v) is 9.85. The number of aryl methyl sites for hydroxylation is 1. The summed E-state index contributed by atoms with van der Waals surface area (Å²) in [6, 6.07) is 4.93. The van der Waals surface area contributed by atoms with Crippen molar-refractivity contribution in [1.82, 2.24) is 14.5 Å². The monoisotopic (exact) mass is 414 g/mol. The van der Waals surface area contributed by atoms with E-state index in [1.165, 1.54) is 33.5 Å². The van der Waals surface area contributed by atoms with Crippen LogP contribution in [-0.4, -0.2) is 47.2 Å². The van der Waals surface area contributed by atoms with Gasteiger partial charge in [0.1, 0.15) is 5.51 Å². The Morgan fingerprint density at radius 3 is 2.62 bits per heavy atom. The Balaban J connectivity index is 2.20. The fourth-order valence-electron chi connectivity index (χ4n) is 2.32. The molecule has 0 fully saturated rings. The van der Waals surface area contributed by atoms with Gasteiger partial charge in [0.05, 0.1) is 10.1 Å². The molecule has 1 atom stereocenters. The molecule has 142 valence electrons. The van der Waals surface area contributed by atoms with Crippen molar-refractivity contribution in [3.8, 4) is 0 Å². The molecule has 1 heterocycles. The van der Waals surface area contributed by atoms with Crippen molar-refractivity contribution in [1.29, 1.82) is 0 Å². The number of nitrogens with zero attached hydrogens (tertiary/aromatic N) is 3. The number of rotatable bonds is 8. The highest BCUT2D eigenvalue weighted by atomic mass is 32.2. The van der Waals surface area contributed by atoms with Crippen LogP contribution in [0.1, 0.15) is 26.3 Å². The second kappa shape index (κ2) is 8.94. The van der Waals surface area contributed by atoms with Crippen molar-refractivity contribution in [2.24, 2.45) is 0 Å². The van der Waals surface area contributed by atoms with E-state index in [-0.39, 0.29) is 16.1 Å². The maximum Gasteiger partial charge on any atom is 0.243 e. The number of nitrogens with one attached hydrogen (secondary N) is 1. The zero-order valence-electron chi connectivity index (χ0n) is 15.1. The summed E-state index contributed by atoms with van der Waals surface area (Å²) in [5.74, 6) is -0.222. The average molecular weight is 415 g/mol. The van der Waals surface area contributed by atoms with Crippen molar-refractivity contribution in [3.05, 3.63) is 29.3 Å². The van der Waals surface area contributed by atoms with E-state index in [9.17, 15) is 13.2 Å². The lowest BCUT2D eigenvalue weighted by Gasteiger charge is -2.20. The lowest BCUT2D eigenvalue weighted by atomic mass is 10.2. The first-order valence-corrected chi connectivity index (χ1v) is 11.3. The van der Waals surface area contributed by atoms with E-state index in [1.807, 2.05) is 0 Å². The van der Waals surface area contributed by atoms with E-state index in [1.54, 1.807) is 45.3 Å². The summed E-state index contributed by atoms with van der Waals surface area (Å²) >= 11 is 2.68. The number of anilines is 1. The summed E-state index contributed by atoms with van der Waals surface area (Å²) in [6.07, 6.45) is 0. The minimum atomic E-state index is -3.59. The number of sulfonamides is 1. The summed E-state index contributed by atoms with van der Waals surface area (Å²) in [6.45, 7) is 7.90. The zero-order chi connectivity index (χ0) is 19.3. The molecule has 1 N–H and O–H groups in total. The van der Waals surface area contributed by atoms with Crippen molar-refractivity contribution >= 4 is 44.7 Å². The summed E-state index contributed by atoms with van der Waals surface area (Å²) in [5, 5.41) is 10.1. The van der Waals surface area contributed by atoms with Gasteiger partial charge in [0.15, 0.2) is 4.34 Å². The smallest absolute Gasteiger partial charge is 0.243 e. The van der Waals surface area contributed by atoms with E-state index in [4.69, 9.17) is 0 Å². The molecule has 2 rings (SSSR count). The standard InChI is InChI=1S/C16H22N4O3S3/c1-5-20(6-2)26(22,23)14-9-13(8-7-11(14)3)18-15(21)12(4)25-16-19-17-10-24-16/h7-10,12H,5-6H2,1-4H3,(H,18,21)/t12-/m1/s1. The second-order valence-electron chi connectivity index (χ2n) is 5.52. The van der Waals surface area contributed by atoms with Gasteiger partial charge >= 0.3 is 0 Å². The first kappa shape index (κ1) is 20.8. The average Bonchev–Trinajstić information content (AvgIpc) is 3.10. The van der Waals surface area contributed by atoms with Gasteiger partial charge in [-0.15, -0.1) is 10.2 Å². The third-order valence-electron chi connectivity index (χ3n) is 3.77. The van der Waals surface area contributed by atoms with Gasteiger partial charge in [-0.3, -0.25) is 4.79 Å². The Hall–Kier alpha value is -1.49. The molecular weight excluding hydrogens is 392 g/mol. The van der Waals surface area contributed by atoms with Crippen LogP contribution in [-0.2, 0) is 14.8 Å². The first-order chi connectivity index (χ1) is 12.3. The molecule has 2 aromatic rings. The third-order valence-corrected chi connectivity index (χ3v) is 7.87. The van der Waals surface area contributed by atoms with E-state index in [0.29, 0.717) is 28.7 Å². The molecule has 0 bridgehead atoms. The summed E-state index contributed by atoms with van der Waals surface area (Å²) < 4.78 is 27.7. The summed E-state index contributed by atoms with van der Waals surface area (Å²) in [7, 11) is -3.59. The van der Waals surface area contributed by atoms with Gasteiger partial charge in [-0.25, -0.2) is 8.42 Å². The van der Waals surface area contributed by atoms with Crippen LogP contribution in [0.25, 0.3) is 0 Å². The van der Waals surface area contributed by atoms with E-state index >= 15 is 0 Å². The molecule has 0 spiro atoms. The molecule has 0 aliphatic carbocycles. The molecule has 1 amide bonds. The van der Waals surface area contributed by atoms with Crippen LogP contribution in [0, 0.1) is 6.92 Å². The number of amides is 1. The maximum absolute atomic E-state index is 12.8. The largest absolute Gasteiger partial charge is 0.325 e. The number of benzene rings is 1. The van der Waals surface area contributed by atoms with Crippen molar-refractivity contribution in [2.75, 3.05) is 18.4 Å². The highest BCUT2D eigenvalue weighted by Crippen LogP contribution is 2.27. The van der Waals surface area contributed by atoms with Crippen molar-refractivity contribution in [2.45, 2.75) is 42.2 Å². The number of carbonyl (C=O) groups excluding carboxylic acids is 1. The molecule has 0 saturated carbocycles. The highest BCUT2D eigenvalue weighted by molar-refractivity contribution is 8.02. The minimum absolute atomic E-state index is 0.212. The fraction of sp³-hybridized carbons (Fsp3) is 0.438. The molecule has 0 radical (unpaired) electrons. The number of carbonyl (C=O) groups is 1. The topological polar surface area (TPSA) is 92.3 Å². The lowest BCUT2D eigenvalue weighted by molar-refractivity contribution is -0.115. The highest BCUT2D eigenvalue weighted by Gasteiger charge is 2.24. The Bertz CT molecular complexity index is 850. The van der Waals surface area contributed by atoms with Crippen molar-refractivity contribution < 1.29 is 13.2 Å². The van der Waals surface area contributed by atoms with Gasteiger partial charge in [-0.2, -0.15) is 4.31 Å². The van der Waals surface area contributed by atoms with Gasteiger partial charge in [-0.05, 0) is 31.5 Å². The number of thioether (sulfide) groups is 1. The van der Waals surface area contributed by atoms with Gasteiger partial charge in [0, 0.05) is 18.8 Å². The molecule has 0 unspecified atom stereocenters. The predicted molar refractivity (Wildman–Crippen MR) is 105 cm³/mol. The molecule has 10 heteroatoms. The minimum Gasteiger partial charge on any atom is -0.325 e. The van der Waals surface area contributed by atoms with Crippen LogP contribution >= 0.6 is 23.1 Å². The van der Waals surface area contributed by atoms with Crippen LogP contribution in [0.15, 0.2) is 32.9 Å². The lowest BCUT2D eigenvalue weighted by Crippen LogP contribution is -2.31. The van der Waals surface area contributed by atoms with Crippen LogP contribution in [0.3, 0.4) is 0 Å². The Morgan fingerprint density at radius 2 is 2.04 bits per heavy atom. The summed E-state index contributed by atoms with van der Waals surface area (Å²) in [4.78, 5) is 12.6. The van der Waals surface area contributed by atoms with Gasteiger partial charge in [0.2, 0.25) is 15.9 Å². The molecule has 0 aliphatic rings. The molecule has 1 aromatic carbocycles. The van der Waals surface area contributed by atoms with Gasteiger partial charge < -0.3 is 5.32 Å². The van der Waals surface area contributed by atoms with Gasteiger partial charge in [0.25, 0.3) is 0 Å². The van der Waals surface area contributed by atoms with E-state index in [0.717, 1.165) is 0 Å². The van der Waals surface area contributed by atoms with Crippen molar-refractivity contribution in [3.63, 3.8) is 0 Å². The SMILES string of the molecule is CCN(CC)S(=O)(=O)c1cc(NC(=O)[C@@H](C)Sc2nncs2)ccc1C. The van der Waals surface area contributed by atoms with E-state index in [2.05, 4.69) is 15.5 Å². The molecule has 0 aliphatic heterocycles. The Labute approximate surface area is 162 Å². The zero-order valence-corrected chi connectivity index (χ0v) is 17.5. The fourth-order valence-corrected chi connectivity index (χ4v) is 5.66. The molecule has 0 saturated heterocycles. The van der Waals surface area contributed by atoms with Crippen LogP contribution in [0.5, 0.6) is 0 Å².